The van der Waals surface area contributed by atoms with E-state index in [9.17, 15) is 20.4 Å². The first-order valence-electron chi connectivity index (χ1n) is 9.51. The van der Waals surface area contributed by atoms with Crippen molar-refractivity contribution in [3.8, 4) is 17.2 Å². The molecule has 4 rings (SSSR count). The van der Waals surface area contributed by atoms with Crippen molar-refractivity contribution in [3.05, 3.63) is 52.0 Å². The number of thioether (sulfide) groups is 1. The van der Waals surface area contributed by atoms with Crippen molar-refractivity contribution in [1.29, 1.82) is 0 Å². The molecule has 2 heterocycles. The van der Waals surface area contributed by atoms with Gasteiger partial charge in [-0.1, -0.05) is 17.7 Å². The van der Waals surface area contributed by atoms with Crippen LogP contribution >= 0.6 is 23.4 Å². The van der Waals surface area contributed by atoms with E-state index in [1.807, 2.05) is 18.2 Å². The zero-order valence-corrected chi connectivity index (χ0v) is 17.8. The molecule has 2 aliphatic rings. The van der Waals surface area contributed by atoms with Gasteiger partial charge in [-0.3, -0.25) is 0 Å². The molecule has 1 unspecified atom stereocenters. The van der Waals surface area contributed by atoms with Gasteiger partial charge in [0.2, 0.25) is 0 Å². The van der Waals surface area contributed by atoms with E-state index in [0.717, 1.165) is 5.56 Å². The standard InChI is InChI=1S/C21H23ClO7S/c1-30-21-19(26)17(24)18(25)20(29-21)12-8-11(13(22)9-14(12)23)6-10-2-3-15-16(7-10)28-5-4-27-15/h2-3,7-9,17-21,23-26H,4-6H2,1H3/t17-,18-,19+,20+,21?/m1/s1. The van der Waals surface area contributed by atoms with E-state index in [-0.39, 0.29) is 5.75 Å². The number of halogens is 1. The Kier molecular flexibility index (Phi) is 6.34. The van der Waals surface area contributed by atoms with E-state index in [1.165, 1.54) is 17.8 Å². The van der Waals surface area contributed by atoms with Crippen molar-refractivity contribution in [3.63, 3.8) is 0 Å². The molecule has 7 nitrogen and oxygen atoms in total. The summed E-state index contributed by atoms with van der Waals surface area (Å²) < 4.78 is 16.9. The highest BCUT2D eigenvalue weighted by atomic mass is 35.5. The van der Waals surface area contributed by atoms with Gasteiger partial charge < -0.3 is 34.6 Å². The van der Waals surface area contributed by atoms with Gasteiger partial charge in [0.1, 0.15) is 48.8 Å². The highest BCUT2D eigenvalue weighted by Crippen LogP contribution is 2.41. The minimum atomic E-state index is -1.41. The fourth-order valence-corrected chi connectivity index (χ4v) is 4.60. The number of benzene rings is 2. The molecule has 0 spiro atoms. The van der Waals surface area contributed by atoms with Gasteiger partial charge in [-0.2, -0.15) is 0 Å². The maximum Gasteiger partial charge on any atom is 0.161 e. The number of aliphatic hydroxyl groups is 3. The van der Waals surface area contributed by atoms with Gasteiger partial charge >= 0.3 is 0 Å². The largest absolute Gasteiger partial charge is 0.508 e. The van der Waals surface area contributed by atoms with E-state index in [0.29, 0.717) is 47.3 Å². The molecule has 2 aliphatic heterocycles. The monoisotopic (exact) mass is 454 g/mol. The average Bonchev–Trinajstić information content (AvgIpc) is 2.74. The quantitative estimate of drug-likeness (QED) is 0.557. The maximum absolute atomic E-state index is 10.5. The highest BCUT2D eigenvalue weighted by Gasteiger charge is 2.44. The lowest BCUT2D eigenvalue weighted by Crippen LogP contribution is -2.52. The molecule has 4 N–H and O–H groups in total. The summed E-state index contributed by atoms with van der Waals surface area (Å²) in [5.74, 6) is 1.20. The van der Waals surface area contributed by atoms with Crippen molar-refractivity contribution in [2.45, 2.75) is 36.3 Å². The van der Waals surface area contributed by atoms with E-state index < -0.39 is 29.9 Å². The van der Waals surface area contributed by atoms with Crippen molar-refractivity contribution >= 4 is 23.4 Å². The fraction of sp³-hybridized carbons (Fsp3) is 0.429. The Morgan fingerprint density at radius 2 is 1.73 bits per heavy atom. The van der Waals surface area contributed by atoms with Gasteiger partial charge in [-0.25, -0.2) is 0 Å². The van der Waals surface area contributed by atoms with Crippen LogP contribution < -0.4 is 9.47 Å². The molecule has 9 heteroatoms. The summed E-state index contributed by atoms with van der Waals surface area (Å²) in [6, 6.07) is 8.68. The van der Waals surface area contributed by atoms with Crippen molar-refractivity contribution in [1.82, 2.24) is 0 Å². The van der Waals surface area contributed by atoms with Crippen LogP contribution in [0.5, 0.6) is 17.2 Å². The second kappa shape index (κ2) is 8.82. The maximum atomic E-state index is 10.5. The van der Waals surface area contributed by atoms with Gasteiger partial charge in [-0.15, -0.1) is 11.8 Å². The minimum absolute atomic E-state index is 0.154. The van der Waals surface area contributed by atoms with Crippen molar-refractivity contribution in [2.24, 2.45) is 0 Å². The number of phenols is 1. The summed E-state index contributed by atoms with van der Waals surface area (Å²) in [6.45, 7) is 1.00. The number of hydrogen-bond acceptors (Lipinski definition) is 8. The summed E-state index contributed by atoms with van der Waals surface area (Å²) in [4.78, 5) is 0. The molecule has 0 saturated carbocycles. The molecule has 1 saturated heterocycles. The number of fused-ring (bicyclic) bond motifs is 1. The summed E-state index contributed by atoms with van der Waals surface area (Å²) in [7, 11) is 0. The SMILES string of the molecule is CSC1O[C@@H](c2cc(Cc3ccc4c(c3)OCCO4)c(Cl)cc2O)[C@H](O)[C@@H](O)[C@@H]1O. The first-order valence-corrected chi connectivity index (χ1v) is 11.2. The number of rotatable bonds is 4. The molecule has 0 aromatic heterocycles. The van der Waals surface area contributed by atoms with Crippen LogP contribution in [-0.2, 0) is 11.2 Å². The molecular formula is C21H23ClO7S. The van der Waals surface area contributed by atoms with Crippen LogP contribution in [0.25, 0.3) is 0 Å². The second-order valence-corrected chi connectivity index (χ2v) is 8.63. The number of ether oxygens (including phenoxy) is 3. The topological polar surface area (TPSA) is 109 Å². The Balaban J connectivity index is 1.64. The number of phenolic OH excluding ortho intramolecular Hbond substituents is 1. The summed E-state index contributed by atoms with van der Waals surface area (Å²) in [6.07, 6.45) is -2.89. The van der Waals surface area contributed by atoms with Gasteiger partial charge in [0, 0.05) is 10.6 Å². The number of aliphatic hydroxyl groups excluding tert-OH is 3. The average molecular weight is 455 g/mol. The summed E-state index contributed by atoms with van der Waals surface area (Å²) >= 11 is 7.58. The van der Waals surface area contributed by atoms with Crippen molar-refractivity contribution in [2.75, 3.05) is 19.5 Å². The lowest BCUT2D eigenvalue weighted by Gasteiger charge is -2.40. The molecule has 5 atom stereocenters. The van der Waals surface area contributed by atoms with Gasteiger partial charge in [0.15, 0.2) is 11.5 Å². The molecule has 0 amide bonds. The highest BCUT2D eigenvalue weighted by molar-refractivity contribution is 7.99. The van der Waals surface area contributed by atoms with Crippen LogP contribution in [0.1, 0.15) is 22.8 Å². The molecule has 162 valence electrons. The molecule has 0 bridgehead atoms. The molecule has 1 fully saturated rings. The Hall–Kier alpha value is -1.68. The Bertz CT molecular complexity index is 922. The zero-order chi connectivity index (χ0) is 21.4. The minimum Gasteiger partial charge on any atom is -0.508 e. The van der Waals surface area contributed by atoms with Crippen LogP contribution in [0, 0.1) is 0 Å². The van der Waals surface area contributed by atoms with Gasteiger partial charge in [-0.05, 0) is 48.1 Å². The van der Waals surface area contributed by atoms with Crippen LogP contribution in [0.4, 0.5) is 0 Å². The van der Waals surface area contributed by atoms with Gasteiger partial charge in [0.05, 0.1) is 0 Å². The van der Waals surface area contributed by atoms with Crippen LogP contribution in [0.3, 0.4) is 0 Å². The van der Waals surface area contributed by atoms with Gasteiger partial charge in [0.25, 0.3) is 0 Å². The van der Waals surface area contributed by atoms with Crippen LogP contribution in [0.15, 0.2) is 30.3 Å². The predicted octanol–water partition coefficient (Wildman–Crippen LogP) is 2.25. The molecule has 2 aromatic carbocycles. The Morgan fingerprint density at radius 3 is 2.47 bits per heavy atom. The molecule has 0 aliphatic carbocycles. The number of aromatic hydroxyl groups is 1. The van der Waals surface area contributed by atoms with Crippen LogP contribution in [0.2, 0.25) is 5.02 Å². The molecule has 0 radical (unpaired) electrons. The third kappa shape index (κ3) is 4.08. The third-order valence-electron chi connectivity index (χ3n) is 5.31. The van der Waals surface area contributed by atoms with E-state index >= 15 is 0 Å². The van der Waals surface area contributed by atoms with Crippen LogP contribution in [-0.4, -0.2) is 63.6 Å². The first kappa shape index (κ1) is 21.5. The smallest absolute Gasteiger partial charge is 0.161 e. The molecule has 2 aromatic rings. The van der Waals surface area contributed by atoms with E-state index in [1.54, 1.807) is 12.3 Å². The van der Waals surface area contributed by atoms with Crippen molar-refractivity contribution < 1.29 is 34.6 Å². The first-order chi connectivity index (χ1) is 14.4. The summed E-state index contributed by atoms with van der Waals surface area (Å²) in [5, 5.41) is 41.6. The third-order valence-corrected chi connectivity index (χ3v) is 6.51. The normalized spacial score (nSPS) is 28.4. The van der Waals surface area contributed by atoms with E-state index in [4.69, 9.17) is 25.8 Å². The van der Waals surface area contributed by atoms with E-state index in [2.05, 4.69) is 0 Å². The predicted molar refractivity (Wildman–Crippen MR) is 113 cm³/mol. The molecular weight excluding hydrogens is 432 g/mol. The molecule has 30 heavy (non-hydrogen) atoms. The zero-order valence-electron chi connectivity index (χ0n) is 16.2. The number of hydrogen-bond donors (Lipinski definition) is 4. The fourth-order valence-electron chi connectivity index (χ4n) is 3.71. The lowest BCUT2D eigenvalue weighted by molar-refractivity contribution is -0.200. The summed E-state index contributed by atoms with van der Waals surface area (Å²) in [5.41, 5.74) is 1.19. The Labute approximate surface area is 183 Å². The lowest BCUT2D eigenvalue weighted by atomic mass is 9.92. The Morgan fingerprint density at radius 1 is 1.00 bits per heavy atom. The second-order valence-electron chi connectivity index (χ2n) is 7.29.